The fourth-order valence-electron chi connectivity index (χ4n) is 1.78. The number of nitriles is 2. The minimum absolute atomic E-state index is 0.132. The molecule has 0 fully saturated rings. The molecule has 0 aliphatic carbocycles. The molecule has 2 rings (SSSR count). The third-order valence-corrected chi connectivity index (χ3v) is 2.59. The molecule has 2 aromatic heterocycles. The van der Waals surface area contributed by atoms with E-state index in [0.717, 1.165) is 4.57 Å². The first-order chi connectivity index (χ1) is 10.4. The summed E-state index contributed by atoms with van der Waals surface area (Å²) in [4.78, 5) is 20.4. The Kier molecular flexibility index (Phi) is 3.91. The Hall–Kier alpha value is -3.19. The van der Waals surface area contributed by atoms with Gasteiger partial charge in [-0.15, -0.1) is 0 Å². The second kappa shape index (κ2) is 5.66. The summed E-state index contributed by atoms with van der Waals surface area (Å²) in [5.41, 5.74) is -0.526. The molecular formula is C15H13N5O2. The molecule has 0 aliphatic heterocycles. The van der Waals surface area contributed by atoms with Crippen LogP contribution < -0.4 is 0 Å². The van der Waals surface area contributed by atoms with Crippen molar-refractivity contribution in [1.82, 2.24) is 14.5 Å². The van der Waals surface area contributed by atoms with Gasteiger partial charge >= 0.3 is 6.09 Å². The number of carbonyl (C=O) groups is 1. The average molecular weight is 295 g/mol. The first-order valence-electron chi connectivity index (χ1n) is 6.44. The van der Waals surface area contributed by atoms with Gasteiger partial charge in [0.25, 0.3) is 0 Å². The lowest BCUT2D eigenvalue weighted by Crippen LogP contribution is -2.28. The molecule has 0 atom stereocenters. The van der Waals surface area contributed by atoms with Gasteiger partial charge in [0, 0.05) is 18.0 Å². The molecule has 2 aromatic rings. The number of nitrogens with zero attached hydrogens (tertiary/aromatic N) is 5. The molecule has 22 heavy (non-hydrogen) atoms. The quantitative estimate of drug-likeness (QED) is 0.800. The molecule has 0 unspecified atom stereocenters. The maximum atomic E-state index is 12.4. The Balaban J connectivity index is 2.65. The molecule has 0 bridgehead atoms. The van der Waals surface area contributed by atoms with E-state index in [9.17, 15) is 10.1 Å². The fourth-order valence-corrected chi connectivity index (χ4v) is 1.78. The van der Waals surface area contributed by atoms with E-state index < -0.39 is 11.7 Å². The summed E-state index contributed by atoms with van der Waals surface area (Å²) in [6, 6.07) is 6.99. The van der Waals surface area contributed by atoms with Gasteiger partial charge < -0.3 is 4.74 Å². The van der Waals surface area contributed by atoms with Gasteiger partial charge in [-0.05, 0) is 32.9 Å². The van der Waals surface area contributed by atoms with Crippen molar-refractivity contribution in [3.63, 3.8) is 0 Å². The van der Waals surface area contributed by atoms with Gasteiger partial charge in [-0.1, -0.05) is 0 Å². The molecule has 0 aliphatic rings. The smallest absolute Gasteiger partial charge is 0.421 e. The molecule has 110 valence electrons. The van der Waals surface area contributed by atoms with E-state index >= 15 is 0 Å². The normalized spacial score (nSPS) is 10.6. The maximum Gasteiger partial charge on any atom is 0.421 e. The topological polar surface area (TPSA) is 105 Å². The van der Waals surface area contributed by atoms with Crippen LogP contribution in [0.5, 0.6) is 0 Å². The van der Waals surface area contributed by atoms with Crippen LogP contribution in [0.25, 0.3) is 11.4 Å². The van der Waals surface area contributed by atoms with Crippen molar-refractivity contribution in [3.8, 4) is 23.5 Å². The molecule has 0 saturated carbocycles. The van der Waals surface area contributed by atoms with Crippen molar-refractivity contribution >= 4 is 6.09 Å². The number of hydrogen-bond donors (Lipinski definition) is 0. The number of imidazole rings is 1. The molecular weight excluding hydrogens is 282 g/mol. The van der Waals surface area contributed by atoms with Gasteiger partial charge in [-0.3, -0.25) is 4.98 Å². The van der Waals surface area contributed by atoms with Gasteiger partial charge in [-0.2, -0.15) is 10.5 Å². The zero-order valence-corrected chi connectivity index (χ0v) is 12.4. The van der Waals surface area contributed by atoms with Crippen LogP contribution in [-0.4, -0.2) is 26.2 Å². The second-order valence-corrected chi connectivity index (χ2v) is 5.41. The molecule has 0 spiro atoms. The lowest BCUT2D eigenvalue weighted by atomic mass is 10.2. The van der Waals surface area contributed by atoms with E-state index in [-0.39, 0.29) is 17.2 Å². The molecule has 2 heterocycles. The molecule has 0 aromatic carbocycles. The Bertz CT molecular complexity index is 788. The highest BCUT2D eigenvalue weighted by Gasteiger charge is 2.27. The van der Waals surface area contributed by atoms with Gasteiger partial charge in [0.2, 0.25) is 0 Å². The molecule has 0 saturated heterocycles. The zero-order chi connectivity index (χ0) is 16.3. The zero-order valence-electron chi connectivity index (χ0n) is 12.4. The van der Waals surface area contributed by atoms with Crippen LogP contribution in [0, 0.1) is 22.7 Å². The highest BCUT2D eigenvalue weighted by molar-refractivity contribution is 5.80. The van der Waals surface area contributed by atoms with Crippen LogP contribution in [0.1, 0.15) is 32.2 Å². The molecule has 0 radical (unpaired) electrons. The summed E-state index contributed by atoms with van der Waals surface area (Å²) >= 11 is 0. The monoisotopic (exact) mass is 295 g/mol. The Labute approximate surface area is 127 Å². The molecule has 7 heteroatoms. The van der Waals surface area contributed by atoms with Crippen LogP contribution in [0.4, 0.5) is 4.79 Å². The van der Waals surface area contributed by atoms with Crippen LogP contribution in [0.15, 0.2) is 24.5 Å². The highest BCUT2D eigenvalue weighted by atomic mass is 16.6. The highest BCUT2D eigenvalue weighted by Crippen LogP contribution is 2.23. The number of carbonyl (C=O) groups excluding carboxylic acids is 1. The summed E-state index contributed by atoms with van der Waals surface area (Å²) < 4.78 is 6.29. The number of pyridine rings is 1. The SMILES string of the molecule is CC(C)(C)OC(=O)n1c(-c2cccnc2)nc(C#N)c1C#N. The van der Waals surface area contributed by atoms with Crippen molar-refractivity contribution in [3.05, 3.63) is 35.9 Å². The summed E-state index contributed by atoms with van der Waals surface area (Å²) in [5, 5.41) is 18.4. The summed E-state index contributed by atoms with van der Waals surface area (Å²) in [5.74, 6) is 0.149. The minimum atomic E-state index is -0.767. The summed E-state index contributed by atoms with van der Waals surface area (Å²) in [7, 11) is 0. The molecule has 7 nitrogen and oxygen atoms in total. The lowest BCUT2D eigenvalue weighted by Gasteiger charge is -2.20. The third-order valence-electron chi connectivity index (χ3n) is 2.59. The van der Waals surface area contributed by atoms with E-state index in [1.54, 1.807) is 39.1 Å². The number of hydrogen-bond acceptors (Lipinski definition) is 6. The van der Waals surface area contributed by atoms with Gasteiger partial charge in [-0.25, -0.2) is 14.3 Å². The molecule has 0 N–H and O–H groups in total. The number of aromatic nitrogens is 3. The van der Waals surface area contributed by atoms with Gasteiger partial charge in [0.05, 0.1) is 0 Å². The van der Waals surface area contributed by atoms with Gasteiger partial charge in [0.15, 0.2) is 17.2 Å². The van der Waals surface area contributed by atoms with E-state index in [4.69, 9.17) is 10.00 Å². The van der Waals surface area contributed by atoms with Crippen molar-refractivity contribution in [1.29, 1.82) is 10.5 Å². The van der Waals surface area contributed by atoms with Crippen molar-refractivity contribution in [2.24, 2.45) is 0 Å². The van der Waals surface area contributed by atoms with Crippen LogP contribution >= 0.6 is 0 Å². The third kappa shape index (κ3) is 2.94. The first-order valence-corrected chi connectivity index (χ1v) is 6.44. The van der Waals surface area contributed by atoms with Crippen LogP contribution in [0.3, 0.4) is 0 Å². The van der Waals surface area contributed by atoms with E-state index in [2.05, 4.69) is 9.97 Å². The predicted octanol–water partition coefficient (Wildman–Crippen LogP) is 2.47. The second-order valence-electron chi connectivity index (χ2n) is 5.41. The maximum absolute atomic E-state index is 12.4. The Morgan fingerprint density at radius 2 is 2.05 bits per heavy atom. The van der Waals surface area contributed by atoms with Crippen LogP contribution in [-0.2, 0) is 4.74 Å². The first kappa shape index (κ1) is 15.2. The average Bonchev–Trinajstić information content (AvgIpc) is 2.85. The van der Waals surface area contributed by atoms with Crippen LogP contribution in [0.2, 0.25) is 0 Å². The van der Waals surface area contributed by atoms with Crippen molar-refractivity contribution < 1.29 is 9.53 Å². The fraction of sp³-hybridized carbons (Fsp3) is 0.267. The van der Waals surface area contributed by atoms with E-state index in [0.29, 0.717) is 5.56 Å². The standard InChI is InChI=1S/C15H13N5O2/c1-15(2,3)22-14(21)20-12(8-17)11(7-16)19-13(20)10-5-4-6-18-9-10/h4-6,9H,1-3H3. The van der Waals surface area contributed by atoms with Crippen molar-refractivity contribution in [2.75, 3.05) is 0 Å². The van der Waals surface area contributed by atoms with E-state index in [1.165, 1.54) is 6.20 Å². The van der Waals surface area contributed by atoms with E-state index in [1.807, 2.05) is 12.1 Å². The summed E-state index contributed by atoms with van der Waals surface area (Å²) in [6.07, 6.45) is 2.29. The Morgan fingerprint density at radius 1 is 1.32 bits per heavy atom. The number of rotatable bonds is 1. The number of ether oxygens (including phenoxy) is 1. The van der Waals surface area contributed by atoms with Gasteiger partial charge in [0.1, 0.15) is 17.7 Å². The lowest BCUT2D eigenvalue weighted by molar-refractivity contribution is 0.0538. The largest absolute Gasteiger partial charge is 0.443 e. The minimum Gasteiger partial charge on any atom is -0.443 e. The predicted molar refractivity (Wildman–Crippen MR) is 76.5 cm³/mol. The Morgan fingerprint density at radius 3 is 2.55 bits per heavy atom. The summed E-state index contributed by atoms with van der Waals surface area (Å²) in [6.45, 7) is 5.13. The van der Waals surface area contributed by atoms with Crippen molar-refractivity contribution in [2.45, 2.75) is 26.4 Å². The molecule has 0 amide bonds.